The van der Waals surface area contributed by atoms with Crippen LogP contribution in [0.15, 0.2) is 18.2 Å². The second kappa shape index (κ2) is 6.90. The fourth-order valence-corrected chi connectivity index (χ4v) is 3.50. The molecule has 0 saturated heterocycles. The fraction of sp³-hybridized carbons (Fsp3) is 0.533. The number of nitrogens with one attached hydrogen (secondary N) is 2. The Bertz CT molecular complexity index is 522. The van der Waals surface area contributed by atoms with Crippen molar-refractivity contribution in [1.29, 1.82) is 0 Å². The van der Waals surface area contributed by atoms with Gasteiger partial charge in [0.15, 0.2) is 0 Å². The van der Waals surface area contributed by atoms with Gasteiger partial charge in [0.1, 0.15) is 0 Å². The van der Waals surface area contributed by atoms with E-state index < -0.39 is 5.60 Å². The molecule has 1 aliphatic rings. The van der Waals surface area contributed by atoms with Gasteiger partial charge in [0.25, 0.3) is 0 Å². The molecule has 1 aromatic carbocycles. The van der Waals surface area contributed by atoms with E-state index in [2.05, 4.69) is 10.6 Å². The molecule has 0 heterocycles. The lowest BCUT2D eigenvalue weighted by molar-refractivity contribution is 0.0868. The zero-order chi connectivity index (χ0) is 15.5. The van der Waals surface area contributed by atoms with Crippen molar-refractivity contribution in [3.63, 3.8) is 0 Å². The minimum Gasteiger partial charge on any atom is -0.387 e. The Morgan fingerprint density at radius 3 is 3.05 bits per heavy atom. The molecule has 0 radical (unpaired) electrons. The molecule has 21 heavy (non-hydrogen) atoms. The topological polar surface area (TPSA) is 61.4 Å². The molecule has 0 aliphatic heterocycles. The van der Waals surface area contributed by atoms with E-state index in [0.29, 0.717) is 5.75 Å². The Morgan fingerprint density at radius 1 is 1.57 bits per heavy atom. The molecule has 0 spiro atoms. The molecule has 1 aliphatic carbocycles. The number of urea groups is 1. The summed E-state index contributed by atoms with van der Waals surface area (Å²) in [6.07, 6.45) is 3.73. The van der Waals surface area contributed by atoms with Gasteiger partial charge < -0.3 is 15.7 Å². The third-order valence-corrected chi connectivity index (χ3v) is 4.72. The van der Waals surface area contributed by atoms with Gasteiger partial charge in [-0.15, -0.1) is 0 Å². The first-order valence-corrected chi connectivity index (χ1v) is 8.72. The summed E-state index contributed by atoms with van der Waals surface area (Å²) in [5, 5.41) is 16.5. The number of aryl methyl sites for hydroxylation is 1. The van der Waals surface area contributed by atoms with Crippen LogP contribution in [0.25, 0.3) is 0 Å². The first-order chi connectivity index (χ1) is 9.91. The predicted octanol–water partition coefficient (Wildman–Crippen LogP) is 2.74. The summed E-state index contributed by atoms with van der Waals surface area (Å²) in [6.45, 7) is 1.95. The van der Waals surface area contributed by atoms with Crippen LogP contribution < -0.4 is 10.6 Å². The Balaban J connectivity index is 1.88. The molecule has 0 fully saturated rings. The third-order valence-electron chi connectivity index (χ3n) is 3.57. The standard InChI is InChI=1S/C15H21ClN2O2S/c1-15(20,9-21-2)8-17-14(19)18-13-6-3-10-7-11(16)4-5-12(10)13/h4-5,7,13,20H,3,6,8-9H2,1-2H3,(H2,17,18,19). The van der Waals surface area contributed by atoms with Gasteiger partial charge in [-0.1, -0.05) is 17.7 Å². The van der Waals surface area contributed by atoms with Crippen LogP contribution in [0.5, 0.6) is 0 Å². The number of thioether (sulfide) groups is 1. The molecule has 2 unspecified atom stereocenters. The lowest BCUT2D eigenvalue weighted by Gasteiger charge is -2.23. The van der Waals surface area contributed by atoms with Gasteiger partial charge in [0.2, 0.25) is 0 Å². The first-order valence-electron chi connectivity index (χ1n) is 6.95. The van der Waals surface area contributed by atoms with Crippen LogP contribution in [0.4, 0.5) is 4.79 Å². The van der Waals surface area contributed by atoms with Gasteiger partial charge in [0, 0.05) is 17.3 Å². The number of aliphatic hydroxyl groups is 1. The molecule has 2 rings (SSSR count). The maximum Gasteiger partial charge on any atom is 0.315 e. The van der Waals surface area contributed by atoms with Crippen molar-refractivity contribution in [2.45, 2.75) is 31.4 Å². The van der Waals surface area contributed by atoms with E-state index in [9.17, 15) is 9.90 Å². The van der Waals surface area contributed by atoms with Crippen molar-refractivity contribution in [2.75, 3.05) is 18.6 Å². The van der Waals surface area contributed by atoms with Gasteiger partial charge in [-0.2, -0.15) is 11.8 Å². The number of amides is 2. The van der Waals surface area contributed by atoms with Crippen molar-refractivity contribution >= 4 is 29.4 Å². The molecule has 4 nitrogen and oxygen atoms in total. The highest BCUT2D eigenvalue weighted by atomic mass is 35.5. The number of carbonyl (C=O) groups is 1. The largest absolute Gasteiger partial charge is 0.387 e. The number of hydrogen-bond donors (Lipinski definition) is 3. The monoisotopic (exact) mass is 328 g/mol. The molecule has 3 N–H and O–H groups in total. The average molecular weight is 329 g/mol. The third kappa shape index (κ3) is 4.53. The van der Waals surface area contributed by atoms with E-state index >= 15 is 0 Å². The lowest BCUT2D eigenvalue weighted by Crippen LogP contribution is -2.46. The summed E-state index contributed by atoms with van der Waals surface area (Å²) in [6, 6.07) is 5.55. The maximum absolute atomic E-state index is 12.0. The zero-order valence-corrected chi connectivity index (χ0v) is 13.9. The number of carbonyl (C=O) groups excluding carboxylic acids is 1. The van der Waals surface area contributed by atoms with Crippen molar-refractivity contribution < 1.29 is 9.90 Å². The summed E-state index contributed by atoms with van der Waals surface area (Å²) in [4.78, 5) is 12.0. The maximum atomic E-state index is 12.0. The smallest absolute Gasteiger partial charge is 0.315 e. The van der Waals surface area contributed by atoms with Crippen LogP contribution in [-0.2, 0) is 6.42 Å². The second-order valence-electron chi connectivity index (χ2n) is 5.69. The number of halogens is 1. The Hall–Kier alpha value is -0.910. The number of benzene rings is 1. The van der Waals surface area contributed by atoms with Crippen LogP contribution in [0.1, 0.15) is 30.5 Å². The molecule has 1 aromatic rings. The van der Waals surface area contributed by atoms with Gasteiger partial charge in [-0.3, -0.25) is 0 Å². The molecule has 0 aromatic heterocycles. The summed E-state index contributed by atoms with van der Waals surface area (Å²) in [5.74, 6) is 0.581. The van der Waals surface area contributed by atoms with Gasteiger partial charge in [-0.25, -0.2) is 4.79 Å². The van der Waals surface area contributed by atoms with Gasteiger partial charge in [0.05, 0.1) is 11.6 Å². The highest BCUT2D eigenvalue weighted by Crippen LogP contribution is 2.32. The summed E-state index contributed by atoms with van der Waals surface area (Å²) in [7, 11) is 0. The second-order valence-corrected chi connectivity index (χ2v) is 6.99. The highest BCUT2D eigenvalue weighted by Gasteiger charge is 2.25. The molecule has 2 atom stereocenters. The summed E-state index contributed by atoms with van der Waals surface area (Å²) < 4.78 is 0. The van der Waals surface area contributed by atoms with Crippen LogP contribution >= 0.6 is 23.4 Å². The lowest BCUT2D eigenvalue weighted by atomic mass is 10.1. The fourth-order valence-electron chi connectivity index (χ4n) is 2.58. The quantitative estimate of drug-likeness (QED) is 0.779. The van der Waals surface area contributed by atoms with Crippen LogP contribution in [-0.4, -0.2) is 35.3 Å². The average Bonchev–Trinajstić information content (AvgIpc) is 2.79. The molecule has 6 heteroatoms. The Kier molecular flexibility index (Phi) is 5.41. The SMILES string of the molecule is CSCC(C)(O)CNC(=O)NC1CCc2cc(Cl)ccc21. The van der Waals surface area contributed by atoms with Crippen molar-refractivity contribution in [2.24, 2.45) is 0 Å². The van der Waals surface area contributed by atoms with Crippen molar-refractivity contribution in [3.8, 4) is 0 Å². The van der Waals surface area contributed by atoms with E-state index in [1.165, 1.54) is 5.56 Å². The Labute approximate surface area is 134 Å². The number of fused-ring (bicyclic) bond motifs is 1. The van der Waals surface area contributed by atoms with E-state index in [4.69, 9.17) is 11.6 Å². The first kappa shape index (κ1) is 16.5. The van der Waals surface area contributed by atoms with E-state index in [1.807, 2.05) is 24.5 Å². The molecule has 0 bridgehead atoms. The Morgan fingerprint density at radius 2 is 2.33 bits per heavy atom. The van der Waals surface area contributed by atoms with Crippen molar-refractivity contribution in [1.82, 2.24) is 10.6 Å². The minimum absolute atomic E-state index is 0.0164. The van der Waals surface area contributed by atoms with Gasteiger partial charge in [-0.05, 0) is 49.3 Å². The van der Waals surface area contributed by atoms with Crippen molar-refractivity contribution in [3.05, 3.63) is 34.3 Å². The predicted molar refractivity (Wildman–Crippen MR) is 88.1 cm³/mol. The molecular weight excluding hydrogens is 308 g/mol. The van der Waals surface area contributed by atoms with E-state index in [-0.39, 0.29) is 18.6 Å². The zero-order valence-electron chi connectivity index (χ0n) is 12.3. The minimum atomic E-state index is -0.891. The highest BCUT2D eigenvalue weighted by molar-refractivity contribution is 7.98. The molecule has 0 saturated carbocycles. The normalized spacial score (nSPS) is 19.7. The van der Waals surface area contributed by atoms with E-state index in [0.717, 1.165) is 23.4 Å². The molecule has 2 amide bonds. The molecular formula is C15H21ClN2O2S. The molecule has 116 valence electrons. The number of rotatable bonds is 5. The van der Waals surface area contributed by atoms with Crippen LogP contribution in [0, 0.1) is 0 Å². The number of hydrogen-bond acceptors (Lipinski definition) is 3. The van der Waals surface area contributed by atoms with E-state index in [1.54, 1.807) is 18.7 Å². The summed E-state index contributed by atoms with van der Waals surface area (Å²) in [5.41, 5.74) is 1.44. The van der Waals surface area contributed by atoms with Crippen LogP contribution in [0.3, 0.4) is 0 Å². The van der Waals surface area contributed by atoms with Crippen LogP contribution in [0.2, 0.25) is 5.02 Å². The van der Waals surface area contributed by atoms with Gasteiger partial charge >= 0.3 is 6.03 Å². The summed E-state index contributed by atoms with van der Waals surface area (Å²) >= 11 is 7.53.